The van der Waals surface area contributed by atoms with E-state index in [-0.39, 0.29) is 0 Å². The molecule has 0 aromatic carbocycles. The Labute approximate surface area is 58.6 Å². The molecule has 0 aliphatic heterocycles. The van der Waals surface area contributed by atoms with Gasteiger partial charge in [-0.2, -0.15) is 4.89 Å². The van der Waals surface area contributed by atoms with Gasteiger partial charge in [0, 0.05) is 0 Å². The van der Waals surface area contributed by atoms with Crippen molar-refractivity contribution in [1.82, 2.24) is 0 Å². The maximum atomic E-state index is 8.51. The second kappa shape index (κ2) is 10.9. The molecule has 2 nitrogen and oxygen atoms in total. The van der Waals surface area contributed by atoms with Crippen molar-refractivity contribution in [2.75, 3.05) is 0 Å². The summed E-state index contributed by atoms with van der Waals surface area (Å²) in [4.78, 5) is 7.04. The zero-order valence-corrected chi connectivity index (χ0v) is 7.35. The Bertz CT molecular complexity index is 53.0. The van der Waals surface area contributed by atoms with Crippen LogP contribution in [0.2, 0.25) is 0 Å². The summed E-state index contributed by atoms with van der Waals surface area (Å²) in [5.74, 6) is 0.935. The zero-order valence-electron chi connectivity index (χ0n) is 6.35. The third kappa shape index (κ3) is 18.0. The van der Waals surface area contributed by atoms with Crippen LogP contribution in [0, 0.1) is 5.92 Å². The van der Waals surface area contributed by atoms with Gasteiger partial charge in [-0.15, -0.1) is 0 Å². The summed E-state index contributed by atoms with van der Waals surface area (Å²) in [6.45, 7) is 6.74. The lowest BCUT2D eigenvalue weighted by molar-refractivity contribution is 0.524. The molecule has 0 saturated heterocycles. The Balaban J connectivity index is 0. The fourth-order valence-corrected chi connectivity index (χ4v) is 0.289. The maximum Gasteiger partial charge on any atom is 0.491 e. The normalized spacial score (nSPS) is 9.00. The lowest BCUT2D eigenvalue weighted by Gasteiger charge is -1.98. The molecule has 1 atom stereocenters. The van der Waals surface area contributed by atoms with Crippen LogP contribution in [0.3, 0.4) is 0 Å². The zero-order chi connectivity index (χ0) is 7.70. The standard InChI is InChI=1S/C6H14.HO2P/c1-4-6(3)5-2;1-3-2/h6H,4-5H2,1-3H3;3H/p+1. The molecule has 0 aliphatic rings. The van der Waals surface area contributed by atoms with Crippen LogP contribution < -0.4 is 0 Å². The summed E-state index contributed by atoms with van der Waals surface area (Å²) in [6, 6.07) is 0. The SMILES string of the molecule is CCC(C)CC.O=[PH+]O. The minimum atomic E-state index is -1.17. The van der Waals surface area contributed by atoms with Gasteiger partial charge in [0.05, 0.1) is 0 Å². The molecule has 0 radical (unpaired) electrons. The number of hydrogen-bond donors (Lipinski definition) is 1. The van der Waals surface area contributed by atoms with Gasteiger partial charge in [-0.05, 0) is 10.5 Å². The van der Waals surface area contributed by atoms with Gasteiger partial charge < -0.3 is 0 Å². The van der Waals surface area contributed by atoms with E-state index < -0.39 is 8.69 Å². The molecule has 0 aliphatic carbocycles. The Morgan fingerprint density at radius 2 is 1.67 bits per heavy atom. The average molecular weight is 151 g/mol. The highest BCUT2D eigenvalue weighted by Gasteiger charge is 1.88. The summed E-state index contributed by atoms with van der Waals surface area (Å²) in [5.41, 5.74) is 0. The minimum Gasteiger partial charge on any atom is -0.162 e. The Morgan fingerprint density at radius 1 is 1.44 bits per heavy atom. The Kier molecular flexibility index (Phi) is 14.4. The number of hydrogen-bond acceptors (Lipinski definition) is 1. The monoisotopic (exact) mass is 151 g/mol. The van der Waals surface area contributed by atoms with Crippen molar-refractivity contribution >= 4 is 8.69 Å². The van der Waals surface area contributed by atoms with Gasteiger partial charge in [0.1, 0.15) is 0 Å². The van der Waals surface area contributed by atoms with Crippen LogP contribution in [0.1, 0.15) is 33.6 Å². The third-order valence-corrected chi connectivity index (χ3v) is 1.39. The molecule has 0 fully saturated rings. The molecule has 0 aromatic rings. The molecular weight excluding hydrogens is 135 g/mol. The van der Waals surface area contributed by atoms with E-state index in [1.807, 2.05) is 0 Å². The second-order valence-corrected chi connectivity index (χ2v) is 2.20. The van der Waals surface area contributed by atoms with Gasteiger partial charge in [0.15, 0.2) is 0 Å². The van der Waals surface area contributed by atoms with Crippen molar-refractivity contribution in [2.24, 2.45) is 5.92 Å². The number of rotatable bonds is 2. The third-order valence-electron chi connectivity index (χ3n) is 1.39. The fraction of sp³-hybridized carbons (Fsp3) is 1.00. The van der Waals surface area contributed by atoms with Crippen LogP contribution in [0.25, 0.3) is 0 Å². The molecule has 56 valence electrons. The Morgan fingerprint density at radius 3 is 1.67 bits per heavy atom. The van der Waals surface area contributed by atoms with Gasteiger partial charge in [-0.25, -0.2) is 0 Å². The van der Waals surface area contributed by atoms with Gasteiger partial charge >= 0.3 is 8.69 Å². The molecule has 0 rings (SSSR count). The summed E-state index contributed by atoms with van der Waals surface area (Å²) in [5, 5.41) is 0. The maximum absolute atomic E-state index is 8.51. The predicted octanol–water partition coefficient (Wildman–Crippen LogP) is 2.36. The summed E-state index contributed by atoms with van der Waals surface area (Å²) >= 11 is 0. The van der Waals surface area contributed by atoms with Crippen LogP contribution in [0.4, 0.5) is 0 Å². The minimum absolute atomic E-state index is 0.935. The molecule has 0 aromatic heterocycles. The average Bonchev–Trinajstić information content (AvgIpc) is 1.88. The summed E-state index contributed by atoms with van der Waals surface area (Å²) in [7, 11) is -1.17. The molecule has 0 saturated carbocycles. The molecular formula is C6H16O2P+. The van der Waals surface area contributed by atoms with E-state index in [4.69, 9.17) is 9.46 Å². The summed E-state index contributed by atoms with van der Waals surface area (Å²) in [6.07, 6.45) is 2.66. The van der Waals surface area contributed by atoms with Crippen molar-refractivity contribution in [3.8, 4) is 0 Å². The van der Waals surface area contributed by atoms with Crippen LogP contribution in [0.15, 0.2) is 0 Å². The molecule has 0 spiro atoms. The quantitative estimate of drug-likeness (QED) is 0.615. The van der Waals surface area contributed by atoms with Crippen LogP contribution >= 0.6 is 8.69 Å². The molecule has 0 bridgehead atoms. The van der Waals surface area contributed by atoms with E-state index in [1.165, 1.54) is 12.8 Å². The molecule has 1 unspecified atom stereocenters. The van der Waals surface area contributed by atoms with E-state index in [1.54, 1.807) is 0 Å². The van der Waals surface area contributed by atoms with Crippen molar-refractivity contribution in [3.05, 3.63) is 0 Å². The van der Waals surface area contributed by atoms with Crippen LogP contribution in [0.5, 0.6) is 0 Å². The highest BCUT2D eigenvalue weighted by Crippen LogP contribution is 2.02. The highest BCUT2D eigenvalue weighted by atomic mass is 31.1. The van der Waals surface area contributed by atoms with Crippen molar-refractivity contribution in [1.29, 1.82) is 0 Å². The first-order valence-corrected chi connectivity index (χ1v) is 4.09. The molecule has 9 heavy (non-hydrogen) atoms. The van der Waals surface area contributed by atoms with Crippen LogP contribution in [-0.4, -0.2) is 4.89 Å². The van der Waals surface area contributed by atoms with Crippen LogP contribution in [-0.2, 0) is 4.57 Å². The largest absolute Gasteiger partial charge is 0.491 e. The van der Waals surface area contributed by atoms with Gasteiger partial charge in [-0.1, -0.05) is 33.6 Å². The molecule has 3 heteroatoms. The fourth-order valence-electron chi connectivity index (χ4n) is 0.289. The topological polar surface area (TPSA) is 37.3 Å². The lowest BCUT2D eigenvalue weighted by Crippen LogP contribution is -1.85. The van der Waals surface area contributed by atoms with E-state index in [0.29, 0.717) is 0 Å². The smallest absolute Gasteiger partial charge is 0.162 e. The van der Waals surface area contributed by atoms with Gasteiger partial charge in [-0.3, -0.25) is 0 Å². The molecule has 1 N–H and O–H groups in total. The Hall–Kier alpha value is 0.0600. The predicted molar refractivity (Wildman–Crippen MR) is 41.0 cm³/mol. The van der Waals surface area contributed by atoms with Crippen molar-refractivity contribution in [2.45, 2.75) is 33.6 Å². The van der Waals surface area contributed by atoms with E-state index in [9.17, 15) is 0 Å². The van der Waals surface area contributed by atoms with E-state index in [2.05, 4.69) is 20.8 Å². The highest BCUT2D eigenvalue weighted by molar-refractivity contribution is 7.16. The van der Waals surface area contributed by atoms with Crippen molar-refractivity contribution in [3.63, 3.8) is 0 Å². The second-order valence-electron chi connectivity index (χ2n) is 2.01. The van der Waals surface area contributed by atoms with E-state index >= 15 is 0 Å². The molecule has 0 amide bonds. The first-order chi connectivity index (χ1) is 4.22. The molecule has 0 heterocycles. The van der Waals surface area contributed by atoms with Gasteiger partial charge in [0.25, 0.3) is 0 Å². The van der Waals surface area contributed by atoms with E-state index in [0.717, 1.165) is 5.92 Å². The first kappa shape index (κ1) is 11.8. The lowest BCUT2D eigenvalue weighted by atomic mass is 10.1. The first-order valence-electron chi connectivity index (χ1n) is 3.24. The summed E-state index contributed by atoms with van der Waals surface area (Å²) < 4.78 is 8.51. The van der Waals surface area contributed by atoms with Gasteiger partial charge in [0.2, 0.25) is 0 Å². The van der Waals surface area contributed by atoms with Crippen molar-refractivity contribution < 1.29 is 9.46 Å².